The summed E-state index contributed by atoms with van der Waals surface area (Å²) in [7, 11) is 0. The normalized spacial score (nSPS) is 32.2. The molecule has 0 spiro atoms. The molecule has 11 heavy (non-hydrogen) atoms. The Labute approximate surface area is 69.8 Å². The number of nitrogens with one attached hydrogen (secondary N) is 2. The quantitative estimate of drug-likeness (QED) is 0.640. The fourth-order valence-electron chi connectivity index (χ4n) is 1.89. The van der Waals surface area contributed by atoms with Crippen molar-refractivity contribution in [2.45, 2.75) is 45.2 Å². The van der Waals surface area contributed by atoms with E-state index in [0.29, 0.717) is 6.04 Å². The second-order valence-corrected chi connectivity index (χ2v) is 3.28. The first kappa shape index (κ1) is 9.01. The van der Waals surface area contributed by atoms with Crippen molar-refractivity contribution in [3.05, 3.63) is 0 Å². The SMILES string of the molecule is CCNC1CCCNC1CC. The summed E-state index contributed by atoms with van der Waals surface area (Å²) in [6.07, 6.45) is 3.92. The summed E-state index contributed by atoms with van der Waals surface area (Å²) in [4.78, 5) is 0. The van der Waals surface area contributed by atoms with Crippen LogP contribution in [-0.2, 0) is 0 Å². The molecule has 2 nitrogen and oxygen atoms in total. The van der Waals surface area contributed by atoms with Gasteiger partial charge in [-0.25, -0.2) is 0 Å². The van der Waals surface area contributed by atoms with Crippen LogP contribution in [0, 0.1) is 0 Å². The van der Waals surface area contributed by atoms with Crippen molar-refractivity contribution in [1.29, 1.82) is 0 Å². The molecule has 0 radical (unpaired) electrons. The number of likely N-dealkylation sites (N-methyl/N-ethyl adjacent to an activating group) is 1. The molecule has 2 N–H and O–H groups in total. The highest BCUT2D eigenvalue weighted by Crippen LogP contribution is 2.10. The van der Waals surface area contributed by atoms with Crippen LogP contribution in [0.1, 0.15) is 33.1 Å². The van der Waals surface area contributed by atoms with Gasteiger partial charge in [-0.1, -0.05) is 13.8 Å². The molecule has 0 amide bonds. The molecule has 0 aliphatic carbocycles. The van der Waals surface area contributed by atoms with Crippen molar-refractivity contribution in [3.63, 3.8) is 0 Å². The number of hydrogen-bond acceptors (Lipinski definition) is 2. The molecule has 1 aliphatic heterocycles. The first-order valence-electron chi connectivity index (χ1n) is 4.85. The molecule has 1 fully saturated rings. The Bertz CT molecular complexity index is 102. The maximum Gasteiger partial charge on any atom is 0.0221 e. The van der Waals surface area contributed by atoms with Gasteiger partial charge in [0.2, 0.25) is 0 Å². The monoisotopic (exact) mass is 156 g/mol. The first-order valence-corrected chi connectivity index (χ1v) is 4.85. The summed E-state index contributed by atoms with van der Waals surface area (Å²) in [5, 5.41) is 7.06. The zero-order valence-electron chi connectivity index (χ0n) is 7.69. The highest BCUT2D eigenvalue weighted by atomic mass is 15.0. The van der Waals surface area contributed by atoms with Gasteiger partial charge in [0, 0.05) is 12.1 Å². The van der Waals surface area contributed by atoms with E-state index in [1.807, 2.05) is 0 Å². The average molecular weight is 156 g/mol. The summed E-state index contributed by atoms with van der Waals surface area (Å²) in [6, 6.07) is 1.43. The van der Waals surface area contributed by atoms with Crippen LogP contribution in [0.25, 0.3) is 0 Å². The van der Waals surface area contributed by atoms with Gasteiger partial charge in [0.25, 0.3) is 0 Å². The number of piperidine rings is 1. The van der Waals surface area contributed by atoms with Crippen LogP contribution >= 0.6 is 0 Å². The molecule has 0 bridgehead atoms. The Morgan fingerprint density at radius 1 is 1.45 bits per heavy atom. The first-order chi connectivity index (χ1) is 5.38. The van der Waals surface area contributed by atoms with Crippen molar-refractivity contribution in [1.82, 2.24) is 10.6 Å². The highest BCUT2D eigenvalue weighted by molar-refractivity contribution is 4.84. The molecule has 1 heterocycles. The molecule has 0 saturated carbocycles. The van der Waals surface area contributed by atoms with Crippen molar-refractivity contribution in [2.75, 3.05) is 13.1 Å². The van der Waals surface area contributed by atoms with Crippen molar-refractivity contribution < 1.29 is 0 Å². The van der Waals surface area contributed by atoms with E-state index in [9.17, 15) is 0 Å². The lowest BCUT2D eigenvalue weighted by Gasteiger charge is -2.32. The highest BCUT2D eigenvalue weighted by Gasteiger charge is 2.21. The Kier molecular flexibility index (Phi) is 3.87. The van der Waals surface area contributed by atoms with Crippen LogP contribution in [0.3, 0.4) is 0 Å². The minimum absolute atomic E-state index is 0.712. The van der Waals surface area contributed by atoms with E-state index in [4.69, 9.17) is 0 Å². The minimum Gasteiger partial charge on any atom is -0.313 e. The molecule has 1 saturated heterocycles. The molecule has 1 rings (SSSR count). The molecule has 2 heteroatoms. The van der Waals surface area contributed by atoms with Gasteiger partial charge >= 0.3 is 0 Å². The van der Waals surface area contributed by atoms with Gasteiger partial charge in [0.1, 0.15) is 0 Å². The van der Waals surface area contributed by atoms with Crippen LogP contribution in [0.15, 0.2) is 0 Å². The topological polar surface area (TPSA) is 24.1 Å². The van der Waals surface area contributed by atoms with Gasteiger partial charge in [0.05, 0.1) is 0 Å². The van der Waals surface area contributed by atoms with Crippen molar-refractivity contribution >= 4 is 0 Å². The van der Waals surface area contributed by atoms with Gasteiger partial charge in [-0.2, -0.15) is 0 Å². The van der Waals surface area contributed by atoms with Crippen LogP contribution in [0.4, 0.5) is 0 Å². The molecule has 1 aliphatic rings. The van der Waals surface area contributed by atoms with Crippen LogP contribution in [0.2, 0.25) is 0 Å². The molecular formula is C9H20N2. The Balaban J connectivity index is 2.31. The smallest absolute Gasteiger partial charge is 0.0221 e. The fraction of sp³-hybridized carbons (Fsp3) is 1.00. The Hall–Kier alpha value is -0.0800. The molecule has 0 aromatic heterocycles. The van der Waals surface area contributed by atoms with Crippen molar-refractivity contribution in [2.24, 2.45) is 0 Å². The second-order valence-electron chi connectivity index (χ2n) is 3.28. The third-order valence-corrected chi connectivity index (χ3v) is 2.49. The standard InChI is InChI=1S/C9H20N2/c1-3-8-9(10-4-2)6-5-7-11-8/h8-11H,3-7H2,1-2H3. The average Bonchev–Trinajstić information content (AvgIpc) is 2.06. The lowest BCUT2D eigenvalue weighted by atomic mass is 9.96. The molecule has 0 aromatic rings. The summed E-state index contributed by atoms with van der Waals surface area (Å²) in [5.41, 5.74) is 0. The maximum absolute atomic E-state index is 3.54. The van der Waals surface area contributed by atoms with Crippen LogP contribution < -0.4 is 10.6 Å². The van der Waals surface area contributed by atoms with E-state index in [-0.39, 0.29) is 0 Å². The zero-order valence-corrected chi connectivity index (χ0v) is 7.69. The Morgan fingerprint density at radius 2 is 2.27 bits per heavy atom. The van der Waals surface area contributed by atoms with E-state index in [2.05, 4.69) is 24.5 Å². The van der Waals surface area contributed by atoms with Crippen molar-refractivity contribution in [3.8, 4) is 0 Å². The van der Waals surface area contributed by atoms with E-state index in [1.165, 1.54) is 25.8 Å². The molecular weight excluding hydrogens is 136 g/mol. The molecule has 66 valence electrons. The van der Waals surface area contributed by atoms with Gasteiger partial charge < -0.3 is 10.6 Å². The van der Waals surface area contributed by atoms with E-state index < -0.39 is 0 Å². The van der Waals surface area contributed by atoms with Crippen LogP contribution in [-0.4, -0.2) is 25.2 Å². The van der Waals surface area contributed by atoms with Gasteiger partial charge in [-0.15, -0.1) is 0 Å². The third kappa shape index (κ3) is 2.46. The van der Waals surface area contributed by atoms with Gasteiger partial charge in [-0.3, -0.25) is 0 Å². The van der Waals surface area contributed by atoms with Gasteiger partial charge in [0.15, 0.2) is 0 Å². The predicted molar refractivity (Wildman–Crippen MR) is 48.8 cm³/mol. The fourth-order valence-corrected chi connectivity index (χ4v) is 1.89. The maximum atomic E-state index is 3.54. The summed E-state index contributed by atoms with van der Waals surface area (Å²) < 4.78 is 0. The molecule has 2 unspecified atom stereocenters. The number of rotatable bonds is 3. The minimum atomic E-state index is 0.712. The predicted octanol–water partition coefficient (Wildman–Crippen LogP) is 1.13. The van der Waals surface area contributed by atoms with E-state index in [0.717, 1.165) is 12.6 Å². The van der Waals surface area contributed by atoms with E-state index in [1.54, 1.807) is 0 Å². The molecule has 0 aromatic carbocycles. The van der Waals surface area contributed by atoms with E-state index >= 15 is 0 Å². The lowest BCUT2D eigenvalue weighted by molar-refractivity contribution is 0.299. The third-order valence-electron chi connectivity index (χ3n) is 2.49. The second kappa shape index (κ2) is 4.73. The summed E-state index contributed by atoms with van der Waals surface area (Å²) >= 11 is 0. The van der Waals surface area contributed by atoms with Gasteiger partial charge in [-0.05, 0) is 32.4 Å². The zero-order chi connectivity index (χ0) is 8.10. The summed E-state index contributed by atoms with van der Waals surface area (Å²) in [6.45, 7) is 6.75. The summed E-state index contributed by atoms with van der Waals surface area (Å²) in [5.74, 6) is 0. The lowest BCUT2D eigenvalue weighted by Crippen LogP contribution is -2.51. The molecule has 2 atom stereocenters. The largest absolute Gasteiger partial charge is 0.313 e. The van der Waals surface area contributed by atoms with Crippen LogP contribution in [0.5, 0.6) is 0 Å². The number of hydrogen-bond donors (Lipinski definition) is 2. The Morgan fingerprint density at radius 3 is 2.91 bits per heavy atom.